The first kappa shape index (κ1) is 9.49. The van der Waals surface area contributed by atoms with Gasteiger partial charge in [0.15, 0.2) is 0 Å². The van der Waals surface area contributed by atoms with Crippen molar-refractivity contribution in [3.05, 3.63) is 10.4 Å². The summed E-state index contributed by atoms with van der Waals surface area (Å²) in [5.41, 5.74) is 0. The van der Waals surface area contributed by atoms with Gasteiger partial charge in [0.2, 0.25) is 0 Å². The fourth-order valence-electron chi connectivity index (χ4n) is 0.416. The number of carboxylic acids is 1. The summed E-state index contributed by atoms with van der Waals surface area (Å²) in [5.74, 6) is -1.56. The van der Waals surface area contributed by atoms with Crippen molar-refractivity contribution in [1.29, 1.82) is 0 Å². The van der Waals surface area contributed by atoms with Crippen molar-refractivity contribution in [2.75, 3.05) is 0 Å². The number of aliphatic carboxylic acids is 1. The molecule has 58 valence electrons. The van der Waals surface area contributed by atoms with E-state index in [0.717, 1.165) is 6.08 Å². The van der Waals surface area contributed by atoms with Crippen molar-refractivity contribution < 1.29 is 21.8 Å². The summed E-state index contributed by atoms with van der Waals surface area (Å²) in [7, 11) is 0. The Labute approximate surface area is 60.0 Å². The molecule has 0 radical (unpaired) electrons. The zero-order valence-corrected chi connectivity index (χ0v) is 7.06. The molecule has 0 spiro atoms. The van der Waals surface area contributed by atoms with Gasteiger partial charge in [0.25, 0.3) is 0 Å². The van der Waals surface area contributed by atoms with Crippen LogP contribution in [-0.2, 0) is 8.53 Å². The van der Waals surface area contributed by atoms with Crippen LogP contribution in [-0.4, -0.2) is 33.4 Å². The van der Waals surface area contributed by atoms with Gasteiger partial charge in [-0.15, -0.1) is 0 Å². The molecule has 3 N–H and O–H groups in total. The quantitative estimate of drug-likeness (QED) is 0.397. The molecule has 0 heterocycles. The molecule has 0 unspecified atom stereocenters. The normalized spacial score (nSPS) is 13.3. The van der Waals surface area contributed by atoms with Gasteiger partial charge in [-0.1, -0.05) is 0 Å². The molecule has 0 atom stereocenters. The Morgan fingerprint density at radius 3 is 1.90 bits per heavy atom. The van der Waals surface area contributed by atoms with Crippen LogP contribution in [0.15, 0.2) is 10.4 Å². The molecule has 0 aromatic carbocycles. The Morgan fingerprint density at radius 2 is 1.90 bits per heavy atom. The Kier molecular flexibility index (Phi) is 2.90. The molecular weight excluding hydrogens is 203 g/mol. The predicted molar refractivity (Wildman–Crippen MR) is 32.3 cm³/mol. The average molecular weight is 210 g/mol. The van der Waals surface area contributed by atoms with Crippen molar-refractivity contribution in [1.82, 2.24) is 0 Å². The minimum atomic E-state index is -5.16. The fourth-order valence-corrected chi connectivity index (χ4v) is 1.64. The topological polar surface area (TPSA) is 94.8 Å². The second kappa shape index (κ2) is 3.05. The number of allylic oxidation sites excluding steroid dienone is 1. The molecule has 0 saturated carbocycles. The van der Waals surface area contributed by atoms with Crippen molar-refractivity contribution in [3.63, 3.8) is 0 Å². The van der Waals surface area contributed by atoms with Gasteiger partial charge < -0.3 is 0 Å². The molecule has 0 rings (SSSR count). The minimum absolute atomic E-state index is 0.807. The molecule has 0 aromatic rings. The molecular formula is C4H7AsO5. The molecule has 0 aromatic heterocycles. The fraction of sp³-hybridized carbons (Fsp3) is 0.250. The van der Waals surface area contributed by atoms with Gasteiger partial charge in [-0.3, -0.25) is 0 Å². The molecule has 0 bridgehead atoms. The van der Waals surface area contributed by atoms with E-state index in [9.17, 15) is 8.53 Å². The van der Waals surface area contributed by atoms with E-state index in [1.54, 1.807) is 0 Å². The van der Waals surface area contributed by atoms with Gasteiger partial charge in [-0.05, 0) is 0 Å². The van der Waals surface area contributed by atoms with Gasteiger partial charge in [0, 0.05) is 0 Å². The molecule has 0 amide bonds. The average Bonchev–Trinajstić information content (AvgIpc) is 1.60. The second-order valence-electron chi connectivity index (χ2n) is 1.52. The Hall–Kier alpha value is -0.512. The summed E-state index contributed by atoms with van der Waals surface area (Å²) >= 11 is -5.16. The third-order valence-corrected chi connectivity index (χ3v) is 3.07. The van der Waals surface area contributed by atoms with Crippen LogP contribution >= 0.6 is 0 Å². The first-order valence-electron chi connectivity index (χ1n) is 2.35. The summed E-state index contributed by atoms with van der Waals surface area (Å²) in [5, 5.41) is 8.16. The van der Waals surface area contributed by atoms with Crippen molar-refractivity contribution >= 4 is 20.1 Å². The van der Waals surface area contributed by atoms with Crippen LogP contribution in [0.25, 0.3) is 0 Å². The number of carboxylic acid groups (broad SMARTS) is 1. The van der Waals surface area contributed by atoms with Crippen LogP contribution in [0.4, 0.5) is 0 Å². The first-order chi connectivity index (χ1) is 4.39. The third-order valence-electron chi connectivity index (χ3n) is 0.806. The molecule has 0 aliphatic carbocycles. The van der Waals surface area contributed by atoms with E-state index in [-0.39, 0.29) is 0 Å². The van der Waals surface area contributed by atoms with E-state index in [0.29, 0.717) is 0 Å². The molecule has 0 aliphatic heterocycles. The second-order valence-corrected chi connectivity index (χ2v) is 4.82. The monoisotopic (exact) mass is 210 g/mol. The zero-order valence-electron chi connectivity index (χ0n) is 5.18. The molecule has 0 saturated heterocycles. The predicted octanol–water partition coefficient (Wildman–Crippen LogP) is -1.09. The maximum absolute atomic E-state index is 10.3. The van der Waals surface area contributed by atoms with E-state index < -0.39 is 24.5 Å². The Morgan fingerprint density at radius 1 is 1.50 bits per heavy atom. The van der Waals surface area contributed by atoms with E-state index in [1.165, 1.54) is 6.92 Å². The van der Waals surface area contributed by atoms with Crippen LogP contribution in [0.1, 0.15) is 6.92 Å². The van der Waals surface area contributed by atoms with E-state index in [4.69, 9.17) is 13.3 Å². The molecule has 6 heteroatoms. The zero-order chi connectivity index (χ0) is 8.36. The SMILES string of the molecule is C/C=C(\C(=O)O)[As](=O)(O)O. The first-order valence-corrected chi connectivity index (χ1v) is 5.73. The van der Waals surface area contributed by atoms with Gasteiger partial charge in [-0.25, -0.2) is 0 Å². The molecule has 10 heavy (non-hydrogen) atoms. The molecule has 0 aliphatic rings. The van der Waals surface area contributed by atoms with Crippen molar-refractivity contribution in [2.45, 2.75) is 6.92 Å². The van der Waals surface area contributed by atoms with Gasteiger partial charge in [-0.2, -0.15) is 0 Å². The standard InChI is InChI=1S/C4H7AsO5/c1-2-3(4(6)7)5(8,9)10/h2H,1H3,(H,6,7)(H2,8,9,10)/b3-2+. The molecule has 0 fully saturated rings. The number of hydrogen-bond donors (Lipinski definition) is 3. The van der Waals surface area contributed by atoms with Crippen LogP contribution in [0.3, 0.4) is 0 Å². The van der Waals surface area contributed by atoms with Gasteiger partial charge in [0.1, 0.15) is 0 Å². The van der Waals surface area contributed by atoms with E-state index >= 15 is 0 Å². The Balaban J connectivity index is 4.75. The van der Waals surface area contributed by atoms with Crippen LogP contribution < -0.4 is 0 Å². The summed E-state index contributed by atoms with van der Waals surface area (Å²) in [6.07, 6.45) is 0.905. The van der Waals surface area contributed by atoms with E-state index in [1.807, 2.05) is 0 Å². The summed E-state index contributed by atoms with van der Waals surface area (Å²) < 4.78 is 26.2. The number of rotatable bonds is 2. The van der Waals surface area contributed by atoms with Gasteiger partial charge in [0.05, 0.1) is 0 Å². The van der Waals surface area contributed by atoms with Crippen LogP contribution in [0.2, 0.25) is 0 Å². The third kappa shape index (κ3) is 2.39. The Bertz CT molecular complexity index is 212. The van der Waals surface area contributed by atoms with E-state index in [2.05, 4.69) is 0 Å². The summed E-state index contributed by atoms with van der Waals surface area (Å²) in [4.78, 5) is 10.0. The van der Waals surface area contributed by atoms with Crippen LogP contribution in [0.5, 0.6) is 0 Å². The van der Waals surface area contributed by atoms with Crippen LogP contribution in [0, 0.1) is 0 Å². The van der Waals surface area contributed by atoms with Gasteiger partial charge >= 0.3 is 59.3 Å². The van der Waals surface area contributed by atoms with Crippen molar-refractivity contribution in [3.8, 4) is 0 Å². The molecule has 5 nitrogen and oxygen atoms in total. The van der Waals surface area contributed by atoms with Crippen molar-refractivity contribution in [2.24, 2.45) is 0 Å². The summed E-state index contributed by atoms with van der Waals surface area (Å²) in [6, 6.07) is 0. The number of hydrogen-bond acceptors (Lipinski definition) is 2. The summed E-state index contributed by atoms with van der Waals surface area (Å²) in [6.45, 7) is 1.27. The maximum atomic E-state index is 10.3. The number of carbonyl (C=O) groups is 1.